The first-order valence-corrected chi connectivity index (χ1v) is 9.15. The Morgan fingerprint density at radius 3 is 2.46 bits per heavy atom. The molecule has 2 heterocycles. The van der Waals surface area contributed by atoms with Crippen molar-refractivity contribution in [3.63, 3.8) is 0 Å². The number of sulfonamides is 1. The number of imidazole rings is 1. The van der Waals surface area contributed by atoms with Gasteiger partial charge in [-0.1, -0.05) is 29.8 Å². The molecule has 5 nitrogen and oxygen atoms in total. The molecule has 0 N–H and O–H groups in total. The summed E-state index contributed by atoms with van der Waals surface area (Å²) in [5, 5.41) is -0.218. The van der Waals surface area contributed by atoms with E-state index in [-0.39, 0.29) is 15.0 Å². The Labute approximate surface area is 152 Å². The molecule has 0 radical (unpaired) electrons. The number of aromatic nitrogens is 2. The first-order chi connectivity index (χ1) is 12.2. The standard InChI is InChI=1S/C16H13ClF3N3O2S/c1-22(16(20,15(18)19)11-5-7-12(17)8-6-11)26(24,25)14-10-21-13-4-2-3-9-23(13)14/h2-10,15H,1H3. The van der Waals surface area contributed by atoms with Crippen LogP contribution in [0.4, 0.5) is 13.2 Å². The van der Waals surface area contributed by atoms with Gasteiger partial charge in [0.25, 0.3) is 22.2 Å². The maximum atomic E-state index is 15.4. The SMILES string of the molecule is CN(C(F)(c1ccc(Cl)cc1)C(F)F)S(=O)(=O)c1cnc2ccccn12. The lowest BCUT2D eigenvalue weighted by Gasteiger charge is -2.33. The van der Waals surface area contributed by atoms with Gasteiger partial charge >= 0.3 is 0 Å². The molecule has 0 aliphatic carbocycles. The fourth-order valence-electron chi connectivity index (χ4n) is 2.54. The third-order valence-corrected chi connectivity index (χ3v) is 6.07. The van der Waals surface area contributed by atoms with Gasteiger partial charge in [-0.25, -0.2) is 26.6 Å². The summed E-state index contributed by atoms with van der Waals surface area (Å²) in [5.41, 5.74) is -0.246. The van der Waals surface area contributed by atoms with E-state index in [0.717, 1.165) is 25.4 Å². The zero-order chi connectivity index (χ0) is 19.1. The van der Waals surface area contributed by atoms with Crippen LogP contribution in [-0.4, -0.2) is 35.6 Å². The number of benzene rings is 1. The molecule has 1 aromatic carbocycles. The van der Waals surface area contributed by atoms with Crippen LogP contribution in [-0.2, 0) is 15.8 Å². The summed E-state index contributed by atoms with van der Waals surface area (Å²) in [4.78, 5) is 3.91. The Kier molecular flexibility index (Phi) is 4.72. The van der Waals surface area contributed by atoms with Crippen molar-refractivity contribution in [2.24, 2.45) is 0 Å². The normalized spacial score (nSPS) is 14.9. The Hall–Kier alpha value is -2.10. The summed E-state index contributed by atoms with van der Waals surface area (Å²) in [5.74, 6) is -3.58. The van der Waals surface area contributed by atoms with E-state index in [0.29, 0.717) is 0 Å². The fraction of sp³-hybridized carbons (Fsp3) is 0.188. The topological polar surface area (TPSA) is 54.7 Å². The monoisotopic (exact) mass is 403 g/mol. The van der Waals surface area contributed by atoms with E-state index < -0.39 is 32.8 Å². The number of nitrogens with zero attached hydrogens (tertiary/aromatic N) is 3. The van der Waals surface area contributed by atoms with Crippen LogP contribution in [0.2, 0.25) is 5.02 Å². The van der Waals surface area contributed by atoms with E-state index >= 15 is 4.39 Å². The van der Waals surface area contributed by atoms with Crippen molar-refractivity contribution in [2.45, 2.75) is 17.2 Å². The largest absolute Gasteiger partial charge is 0.290 e. The van der Waals surface area contributed by atoms with Gasteiger partial charge in [0.15, 0.2) is 5.03 Å². The molecule has 0 fully saturated rings. The van der Waals surface area contributed by atoms with Gasteiger partial charge in [-0.15, -0.1) is 0 Å². The predicted molar refractivity (Wildman–Crippen MR) is 90.4 cm³/mol. The van der Waals surface area contributed by atoms with Crippen LogP contribution in [0.15, 0.2) is 59.9 Å². The second-order valence-corrected chi connectivity index (χ2v) is 7.83. The average molecular weight is 404 g/mol. The minimum absolute atomic E-state index is 0.0182. The molecule has 3 rings (SSSR count). The van der Waals surface area contributed by atoms with Gasteiger partial charge in [0, 0.05) is 23.8 Å². The molecule has 10 heteroatoms. The third-order valence-electron chi connectivity index (χ3n) is 4.00. The molecular weight excluding hydrogens is 391 g/mol. The van der Waals surface area contributed by atoms with Crippen molar-refractivity contribution in [1.82, 2.24) is 13.7 Å². The van der Waals surface area contributed by atoms with Crippen molar-refractivity contribution in [1.29, 1.82) is 0 Å². The summed E-state index contributed by atoms with van der Waals surface area (Å²) in [6, 6.07) is 9.18. The molecule has 3 aromatic rings. The Morgan fingerprint density at radius 2 is 1.85 bits per heavy atom. The number of fused-ring (bicyclic) bond motifs is 1. The first kappa shape index (κ1) is 18.7. The van der Waals surface area contributed by atoms with Gasteiger partial charge < -0.3 is 0 Å². The highest BCUT2D eigenvalue weighted by Crippen LogP contribution is 2.39. The van der Waals surface area contributed by atoms with Gasteiger partial charge in [-0.2, -0.15) is 4.31 Å². The van der Waals surface area contributed by atoms with Crippen LogP contribution >= 0.6 is 11.6 Å². The molecule has 0 bridgehead atoms. The fourth-order valence-corrected chi connectivity index (χ4v) is 4.07. The Morgan fingerprint density at radius 1 is 1.19 bits per heavy atom. The van der Waals surface area contributed by atoms with Crippen LogP contribution in [0.1, 0.15) is 5.56 Å². The van der Waals surface area contributed by atoms with Crippen LogP contribution in [0.3, 0.4) is 0 Å². The molecule has 1 unspecified atom stereocenters. The molecule has 0 saturated heterocycles. The molecule has 0 spiro atoms. The van der Waals surface area contributed by atoms with E-state index in [1.807, 2.05) is 0 Å². The summed E-state index contributed by atoms with van der Waals surface area (Å²) >= 11 is 5.70. The van der Waals surface area contributed by atoms with E-state index in [9.17, 15) is 17.2 Å². The first-order valence-electron chi connectivity index (χ1n) is 7.33. The minimum Gasteiger partial charge on any atom is -0.289 e. The highest BCUT2D eigenvalue weighted by molar-refractivity contribution is 7.89. The molecule has 26 heavy (non-hydrogen) atoms. The second kappa shape index (κ2) is 6.57. The number of hydrogen-bond donors (Lipinski definition) is 0. The second-order valence-electron chi connectivity index (χ2n) is 5.48. The van der Waals surface area contributed by atoms with Crippen LogP contribution in [0, 0.1) is 0 Å². The molecular formula is C16H13ClF3N3O2S. The summed E-state index contributed by atoms with van der Waals surface area (Å²) < 4.78 is 69.6. The summed E-state index contributed by atoms with van der Waals surface area (Å²) in [6.07, 6.45) is -1.25. The van der Waals surface area contributed by atoms with Crippen LogP contribution in [0.25, 0.3) is 5.65 Å². The van der Waals surface area contributed by atoms with Crippen molar-refractivity contribution in [3.05, 3.63) is 65.4 Å². The molecule has 0 amide bonds. The van der Waals surface area contributed by atoms with Crippen LogP contribution < -0.4 is 0 Å². The van der Waals surface area contributed by atoms with Crippen molar-refractivity contribution in [3.8, 4) is 0 Å². The molecule has 1 atom stereocenters. The predicted octanol–water partition coefficient (Wildman–Crippen LogP) is 3.70. The quantitative estimate of drug-likeness (QED) is 0.610. The number of halogens is 4. The van der Waals surface area contributed by atoms with Crippen molar-refractivity contribution in [2.75, 3.05) is 7.05 Å². The molecule has 2 aromatic heterocycles. The van der Waals surface area contributed by atoms with Crippen LogP contribution in [0.5, 0.6) is 0 Å². The molecule has 0 aliphatic rings. The smallest absolute Gasteiger partial charge is 0.289 e. The number of hydrogen-bond acceptors (Lipinski definition) is 3. The lowest BCUT2D eigenvalue weighted by atomic mass is 10.1. The minimum atomic E-state index is -4.64. The highest BCUT2D eigenvalue weighted by atomic mass is 35.5. The molecule has 0 saturated carbocycles. The third kappa shape index (κ3) is 2.85. The van der Waals surface area contributed by atoms with Gasteiger partial charge in [-0.05, 0) is 24.3 Å². The Bertz CT molecular complexity index is 1040. The Balaban J connectivity index is 2.14. The van der Waals surface area contributed by atoms with Gasteiger partial charge in [0.05, 0.1) is 6.20 Å². The van der Waals surface area contributed by atoms with E-state index in [1.165, 1.54) is 28.8 Å². The van der Waals surface area contributed by atoms with Crippen molar-refractivity contribution < 1.29 is 21.6 Å². The average Bonchev–Trinajstić information content (AvgIpc) is 3.05. The van der Waals surface area contributed by atoms with Crippen molar-refractivity contribution >= 4 is 27.3 Å². The van der Waals surface area contributed by atoms with Gasteiger partial charge in [-0.3, -0.25) is 4.40 Å². The van der Waals surface area contributed by atoms with Gasteiger partial charge in [0.1, 0.15) is 5.65 Å². The zero-order valence-electron chi connectivity index (χ0n) is 13.4. The lowest BCUT2D eigenvalue weighted by Crippen LogP contribution is -2.49. The van der Waals surface area contributed by atoms with E-state index in [4.69, 9.17) is 11.6 Å². The van der Waals surface area contributed by atoms with E-state index in [1.54, 1.807) is 12.1 Å². The highest BCUT2D eigenvalue weighted by Gasteiger charge is 2.52. The summed E-state index contributed by atoms with van der Waals surface area (Å²) in [7, 11) is -3.88. The number of alkyl halides is 3. The zero-order valence-corrected chi connectivity index (χ0v) is 14.9. The maximum absolute atomic E-state index is 15.4. The summed E-state index contributed by atoms with van der Waals surface area (Å²) in [6.45, 7) is 0. The lowest BCUT2D eigenvalue weighted by molar-refractivity contribution is -0.104. The molecule has 138 valence electrons. The van der Waals surface area contributed by atoms with E-state index in [2.05, 4.69) is 4.98 Å². The maximum Gasteiger partial charge on any atom is 0.290 e. The van der Waals surface area contributed by atoms with Gasteiger partial charge in [0.2, 0.25) is 0 Å². The number of rotatable bonds is 5. The number of pyridine rings is 1. The molecule has 0 aliphatic heterocycles.